The van der Waals surface area contributed by atoms with Gasteiger partial charge in [0.2, 0.25) is 0 Å². The topological polar surface area (TPSA) is 38.9 Å². The van der Waals surface area contributed by atoms with Gasteiger partial charge in [0.1, 0.15) is 0 Å². The molecule has 1 heterocycles. The Morgan fingerprint density at radius 2 is 1.94 bits per heavy atom. The van der Waals surface area contributed by atoms with E-state index in [0.29, 0.717) is 6.54 Å². The van der Waals surface area contributed by atoms with Gasteiger partial charge in [-0.1, -0.05) is 32.0 Å². The van der Waals surface area contributed by atoms with E-state index in [1.54, 1.807) is 0 Å². The van der Waals surface area contributed by atoms with Gasteiger partial charge in [0.15, 0.2) is 0 Å². The molecule has 0 fully saturated rings. The summed E-state index contributed by atoms with van der Waals surface area (Å²) in [5.41, 5.74) is 10.8. The molecule has 0 aliphatic rings. The average Bonchev–Trinajstić information content (AvgIpc) is 2.30. The van der Waals surface area contributed by atoms with E-state index >= 15 is 0 Å². The molecule has 2 rings (SSSR count). The van der Waals surface area contributed by atoms with Crippen LogP contribution in [0.4, 0.5) is 0 Å². The molecule has 2 N–H and O–H groups in total. The summed E-state index contributed by atoms with van der Waals surface area (Å²) in [4.78, 5) is 4.66. The highest BCUT2D eigenvalue weighted by Gasteiger charge is 2.18. The van der Waals surface area contributed by atoms with E-state index < -0.39 is 0 Å². The molecule has 2 aromatic rings. The molecule has 0 atom stereocenters. The number of aryl methyl sites for hydroxylation is 2. The van der Waals surface area contributed by atoms with E-state index in [0.717, 1.165) is 17.6 Å². The first kappa shape index (κ1) is 13.0. The molecule has 18 heavy (non-hydrogen) atoms. The maximum absolute atomic E-state index is 5.85. The summed E-state index contributed by atoms with van der Waals surface area (Å²) in [6.07, 6.45) is 0.993. The highest BCUT2D eigenvalue weighted by Crippen LogP contribution is 2.27. The van der Waals surface area contributed by atoms with Crippen molar-refractivity contribution >= 4 is 10.9 Å². The highest BCUT2D eigenvalue weighted by atomic mass is 14.7. The van der Waals surface area contributed by atoms with Gasteiger partial charge in [-0.15, -0.1) is 0 Å². The molecule has 0 aliphatic heterocycles. The first-order valence-electron chi connectivity index (χ1n) is 6.49. The van der Waals surface area contributed by atoms with Crippen LogP contribution in [0, 0.1) is 19.3 Å². The summed E-state index contributed by atoms with van der Waals surface area (Å²) in [5.74, 6) is 0. The van der Waals surface area contributed by atoms with Crippen molar-refractivity contribution in [2.45, 2.75) is 34.1 Å². The molecule has 0 spiro atoms. The molecular weight excluding hydrogens is 220 g/mol. The molecule has 0 radical (unpaired) electrons. The van der Waals surface area contributed by atoms with E-state index in [4.69, 9.17) is 5.73 Å². The van der Waals surface area contributed by atoms with Crippen LogP contribution < -0.4 is 5.73 Å². The Labute approximate surface area is 109 Å². The number of benzene rings is 1. The van der Waals surface area contributed by atoms with Crippen LogP contribution in [0.1, 0.15) is 30.7 Å². The molecule has 0 bridgehead atoms. The van der Waals surface area contributed by atoms with Gasteiger partial charge in [-0.2, -0.15) is 0 Å². The Hall–Kier alpha value is -1.41. The zero-order valence-corrected chi connectivity index (χ0v) is 11.7. The van der Waals surface area contributed by atoms with E-state index in [2.05, 4.69) is 56.9 Å². The van der Waals surface area contributed by atoms with Crippen molar-refractivity contribution in [1.82, 2.24) is 4.98 Å². The van der Waals surface area contributed by atoms with Crippen LogP contribution in [0.3, 0.4) is 0 Å². The number of rotatable bonds is 3. The van der Waals surface area contributed by atoms with Gasteiger partial charge >= 0.3 is 0 Å². The smallest absolute Gasteiger partial charge is 0.0737 e. The summed E-state index contributed by atoms with van der Waals surface area (Å²) in [6.45, 7) is 9.30. The number of nitrogens with two attached hydrogens (primary N) is 1. The van der Waals surface area contributed by atoms with E-state index in [9.17, 15) is 0 Å². The molecule has 1 aromatic heterocycles. The summed E-state index contributed by atoms with van der Waals surface area (Å²) >= 11 is 0. The number of hydrogen-bond donors (Lipinski definition) is 1. The molecule has 0 unspecified atom stereocenters. The molecule has 0 saturated heterocycles. The molecule has 2 nitrogen and oxygen atoms in total. The van der Waals surface area contributed by atoms with E-state index in [1.807, 2.05) is 0 Å². The summed E-state index contributed by atoms with van der Waals surface area (Å²) in [5, 5.41) is 1.27. The zero-order chi connectivity index (χ0) is 13.3. The number of hydrogen-bond acceptors (Lipinski definition) is 2. The van der Waals surface area contributed by atoms with Gasteiger partial charge in [0.05, 0.1) is 5.52 Å². The summed E-state index contributed by atoms with van der Waals surface area (Å²) < 4.78 is 0. The Morgan fingerprint density at radius 1 is 1.22 bits per heavy atom. The second-order valence-electron chi connectivity index (χ2n) is 5.94. The maximum Gasteiger partial charge on any atom is 0.0737 e. The van der Waals surface area contributed by atoms with Crippen molar-refractivity contribution in [3.8, 4) is 0 Å². The van der Waals surface area contributed by atoms with Crippen molar-refractivity contribution in [2.75, 3.05) is 6.54 Å². The lowest BCUT2D eigenvalue weighted by Gasteiger charge is -2.23. The Morgan fingerprint density at radius 3 is 2.61 bits per heavy atom. The molecule has 2 heteroatoms. The van der Waals surface area contributed by atoms with Gasteiger partial charge in [-0.3, -0.25) is 4.98 Å². The van der Waals surface area contributed by atoms with E-state index in [-0.39, 0.29) is 5.41 Å². The SMILES string of the molecule is Cc1cc(CC(C)(C)CN)c2cccc(C)c2n1. The van der Waals surface area contributed by atoms with Crippen LogP contribution in [0.15, 0.2) is 24.3 Å². The molecule has 96 valence electrons. The molecule has 0 saturated carbocycles. The Balaban J connectivity index is 2.60. The van der Waals surface area contributed by atoms with Gasteiger partial charge in [-0.05, 0) is 49.4 Å². The number of nitrogens with zero attached hydrogens (tertiary/aromatic N) is 1. The number of para-hydroxylation sites is 1. The monoisotopic (exact) mass is 242 g/mol. The third-order valence-corrected chi connectivity index (χ3v) is 3.48. The van der Waals surface area contributed by atoms with Crippen LogP contribution in [0.2, 0.25) is 0 Å². The van der Waals surface area contributed by atoms with Crippen LogP contribution in [-0.4, -0.2) is 11.5 Å². The quantitative estimate of drug-likeness (QED) is 0.896. The second-order valence-corrected chi connectivity index (χ2v) is 5.94. The average molecular weight is 242 g/mol. The third-order valence-electron chi connectivity index (χ3n) is 3.48. The van der Waals surface area contributed by atoms with Gasteiger partial charge in [0.25, 0.3) is 0 Å². The van der Waals surface area contributed by atoms with Crippen LogP contribution in [-0.2, 0) is 6.42 Å². The zero-order valence-electron chi connectivity index (χ0n) is 11.7. The van der Waals surface area contributed by atoms with Crippen LogP contribution in [0.5, 0.6) is 0 Å². The first-order chi connectivity index (χ1) is 8.43. The standard InChI is InChI=1S/C16H22N2/c1-11-6-5-7-14-13(9-16(3,4)10-17)8-12(2)18-15(11)14/h5-8H,9-10,17H2,1-4H3. The minimum atomic E-state index is 0.129. The molecular formula is C16H22N2. The minimum Gasteiger partial charge on any atom is -0.330 e. The fraction of sp³-hybridized carbons (Fsp3) is 0.438. The lowest BCUT2D eigenvalue weighted by Crippen LogP contribution is -2.26. The first-order valence-corrected chi connectivity index (χ1v) is 6.49. The minimum absolute atomic E-state index is 0.129. The van der Waals surface area contributed by atoms with Crippen molar-refractivity contribution < 1.29 is 0 Å². The fourth-order valence-electron chi connectivity index (χ4n) is 2.34. The Bertz CT molecular complexity index is 571. The number of pyridine rings is 1. The van der Waals surface area contributed by atoms with E-state index in [1.165, 1.54) is 16.5 Å². The maximum atomic E-state index is 5.85. The largest absolute Gasteiger partial charge is 0.330 e. The second kappa shape index (κ2) is 4.69. The summed E-state index contributed by atoms with van der Waals surface area (Å²) in [7, 11) is 0. The number of aromatic nitrogens is 1. The van der Waals surface area contributed by atoms with Crippen molar-refractivity contribution in [1.29, 1.82) is 0 Å². The fourth-order valence-corrected chi connectivity index (χ4v) is 2.34. The van der Waals surface area contributed by atoms with Crippen LogP contribution in [0.25, 0.3) is 10.9 Å². The van der Waals surface area contributed by atoms with Crippen molar-refractivity contribution in [3.05, 3.63) is 41.1 Å². The summed E-state index contributed by atoms with van der Waals surface area (Å²) in [6, 6.07) is 8.58. The predicted molar refractivity (Wildman–Crippen MR) is 77.8 cm³/mol. The third kappa shape index (κ3) is 2.54. The lowest BCUT2D eigenvalue weighted by molar-refractivity contribution is 0.378. The molecule has 1 aromatic carbocycles. The predicted octanol–water partition coefficient (Wildman–Crippen LogP) is 3.38. The van der Waals surface area contributed by atoms with Crippen LogP contribution >= 0.6 is 0 Å². The Kier molecular flexibility index (Phi) is 3.40. The molecule has 0 amide bonds. The lowest BCUT2D eigenvalue weighted by atomic mass is 9.84. The van der Waals surface area contributed by atoms with Gasteiger partial charge < -0.3 is 5.73 Å². The van der Waals surface area contributed by atoms with Crippen molar-refractivity contribution in [3.63, 3.8) is 0 Å². The van der Waals surface area contributed by atoms with Gasteiger partial charge in [-0.25, -0.2) is 0 Å². The van der Waals surface area contributed by atoms with Crippen molar-refractivity contribution in [2.24, 2.45) is 11.1 Å². The number of fused-ring (bicyclic) bond motifs is 1. The van der Waals surface area contributed by atoms with Gasteiger partial charge in [0, 0.05) is 11.1 Å². The normalized spacial score (nSPS) is 12.1. The highest BCUT2D eigenvalue weighted by molar-refractivity contribution is 5.85. The molecule has 0 aliphatic carbocycles.